The van der Waals surface area contributed by atoms with Gasteiger partial charge in [-0.2, -0.15) is 4.98 Å². The molecule has 0 saturated heterocycles. The summed E-state index contributed by atoms with van der Waals surface area (Å²) in [4.78, 5) is 43.8. The molecule has 0 aliphatic carbocycles. The largest absolute Gasteiger partial charge is 0.444 e. The van der Waals surface area contributed by atoms with Crippen molar-refractivity contribution in [1.29, 1.82) is 0 Å². The third-order valence-electron chi connectivity index (χ3n) is 5.97. The van der Waals surface area contributed by atoms with Crippen molar-refractivity contribution in [3.05, 3.63) is 64.1 Å². The van der Waals surface area contributed by atoms with Crippen molar-refractivity contribution in [3.8, 4) is 0 Å². The fourth-order valence-electron chi connectivity index (χ4n) is 4.31. The SMILES string of the molecule is Cc1c(NC(=O)OC(C)(C)C)ccc2nc(N[C@H](C)Cc3cn(C(=O)N(C)C)c4ccccc34)oc(=O)c12. The second-order valence-corrected chi connectivity index (χ2v) is 10.5. The van der Waals surface area contributed by atoms with Gasteiger partial charge in [-0.05, 0) is 70.4 Å². The fourth-order valence-corrected chi connectivity index (χ4v) is 4.31. The molecule has 2 aromatic heterocycles. The zero-order valence-corrected chi connectivity index (χ0v) is 22.7. The van der Waals surface area contributed by atoms with E-state index in [0.29, 0.717) is 23.2 Å². The van der Waals surface area contributed by atoms with Gasteiger partial charge in [0.2, 0.25) is 0 Å². The highest BCUT2D eigenvalue weighted by Crippen LogP contribution is 2.26. The molecule has 0 radical (unpaired) electrons. The van der Waals surface area contributed by atoms with Crippen LogP contribution in [0.4, 0.5) is 21.3 Å². The molecule has 0 saturated carbocycles. The van der Waals surface area contributed by atoms with Crippen molar-refractivity contribution in [2.45, 2.75) is 52.7 Å². The molecule has 0 aliphatic heterocycles. The average Bonchev–Trinajstić information content (AvgIpc) is 3.17. The lowest BCUT2D eigenvalue weighted by atomic mass is 10.1. The molecule has 4 aromatic rings. The second kappa shape index (κ2) is 10.2. The molecule has 2 N–H and O–H groups in total. The van der Waals surface area contributed by atoms with Crippen LogP contribution in [0.1, 0.15) is 38.8 Å². The Labute approximate surface area is 220 Å². The minimum absolute atomic E-state index is 0.0929. The van der Waals surface area contributed by atoms with Gasteiger partial charge in [0, 0.05) is 37.4 Å². The molecule has 0 unspecified atom stereocenters. The Kier molecular flexibility index (Phi) is 7.17. The molecule has 10 nitrogen and oxygen atoms in total. The number of rotatable bonds is 5. The number of ether oxygens (including phenoxy) is 1. The van der Waals surface area contributed by atoms with Gasteiger partial charge in [0.25, 0.3) is 6.01 Å². The first-order chi connectivity index (χ1) is 17.8. The van der Waals surface area contributed by atoms with Crippen molar-refractivity contribution in [2.24, 2.45) is 0 Å². The van der Waals surface area contributed by atoms with Crippen LogP contribution in [-0.4, -0.2) is 52.3 Å². The molecule has 0 bridgehead atoms. The number of amides is 2. The number of benzene rings is 2. The summed E-state index contributed by atoms with van der Waals surface area (Å²) in [6.07, 6.45) is 1.80. The highest BCUT2D eigenvalue weighted by molar-refractivity contribution is 5.94. The summed E-state index contributed by atoms with van der Waals surface area (Å²) < 4.78 is 12.4. The lowest BCUT2D eigenvalue weighted by Crippen LogP contribution is -2.27. The first-order valence-corrected chi connectivity index (χ1v) is 12.4. The fraction of sp³-hybridized carbons (Fsp3) is 0.357. The minimum Gasteiger partial charge on any atom is -0.444 e. The number of aromatic nitrogens is 2. The number of carbonyl (C=O) groups is 2. The molecular weight excluding hydrogens is 486 g/mol. The molecular formula is C28H33N5O5. The summed E-state index contributed by atoms with van der Waals surface area (Å²) in [6, 6.07) is 10.9. The molecule has 2 amide bonds. The Balaban J connectivity index is 1.56. The number of nitrogens with zero attached hydrogens (tertiary/aromatic N) is 3. The van der Waals surface area contributed by atoms with Crippen molar-refractivity contribution in [2.75, 3.05) is 24.7 Å². The lowest BCUT2D eigenvalue weighted by molar-refractivity contribution is 0.0635. The highest BCUT2D eigenvalue weighted by Gasteiger charge is 2.20. The summed E-state index contributed by atoms with van der Waals surface area (Å²) in [7, 11) is 3.43. The van der Waals surface area contributed by atoms with Crippen molar-refractivity contribution >= 4 is 45.6 Å². The van der Waals surface area contributed by atoms with Crippen LogP contribution < -0.4 is 16.3 Å². The molecule has 2 aromatic carbocycles. The quantitative estimate of drug-likeness (QED) is 0.364. The maximum Gasteiger partial charge on any atom is 0.412 e. The maximum absolute atomic E-state index is 12.9. The first kappa shape index (κ1) is 26.7. The Morgan fingerprint density at radius 3 is 2.55 bits per heavy atom. The molecule has 4 rings (SSSR count). The van der Waals surface area contributed by atoms with Crippen LogP contribution in [0.5, 0.6) is 0 Å². The van der Waals surface area contributed by atoms with Gasteiger partial charge in [-0.15, -0.1) is 0 Å². The van der Waals surface area contributed by atoms with E-state index in [4.69, 9.17) is 9.15 Å². The minimum atomic E-state index is -0.649. The van der Waals surface area contributed by atoms with Crippen LogP contribution in [0.3, 0.4) is 0 Å². The van der Waals surface area contributed by atoms with E-state index in [-0.39, 0.29) is 23.5 Å². The van der Waals surface area contributed by atoms with Crippen LogP contribution in [0.25, 0.3) is 21.8 Å². The van der Waals surface area contributed by atoms with E-state index in [9.17, 15) is 14.4 Å². The maximum atomic E-state index is 12.9. The number of para-hydroxylation sites is 1. The van der Waals surface area contributed by atoms with E-state index >= 15 is 0 Å². The van der Waals surface area contributed by atoms with E-state index in [1.165, 1.54) is 4.90 Å². The van der Waals surface area contributed by atoms with E-state index in [1.54, 1.807) is 58.5 Å². The predicted molar refractivity (Wildman–Crippen MR) is 148 cm³/mol. The Morgan fingerprint density at radius 1 is 1.16 bits per heavy atom. The van der Waals surface area contributed by atoms with Crippen LogP contribution >= 0.6 is 0 Å². The van der Waals surface area contributed by atoms with Gasteiger partial charge in [0.15, 0.2) is 0 Å². The zero-order valence-electron chi connectivity index (χ0n) is 22.7. The first-order valence-electron chi connectivity index (χ1n) is 12.4. The summed E-state index contributed by atoms with van der Waals surface area (Å²) in [5.74, 6) is 0. The summed E-state index contributed by atoms with van der Waals surface area (Å²) >= 11 is 0. The summed E-state index contributed by atoms with van der Waals surface area (Å²) in [5, 5.41) is 7.10. The van der Waals surface area contributed by atoms with E-state index in [2.05, 4.69) is 15.6 Å². The molecule has 10 heteroatoms. The second-order valence-electron chi connectivity index (χ2n) is 10.5. The van der Waals surface area contributed by atoms with Crippen LogP contribution in [-0.2, 0) is 11.2 Å². The monoisotopic (exact) mass is 519 g/mol. The van der Waals surface area contributed by atoms with Gasteiger partial charge in [-0.25, -0.2) is 14.4 Å². The summed E-state index contributed by atoms with van der Waals surface area (Å²) in [5.41, 5.74) is 2.01. The van der Waals surface area contributed by atoms with Gasteiger partial charge in [-0.3, -0.25) is 9.88 Å². The predicted octanol–water partition coefficient (Wildman–Crippen LogP) is 5.37. The van der Waals surface area contributed by atoms with E-state index < -0.39 is 17.3 Å². The number of fused-ring (bicyclic) bond motifs is 2. The average molecular weight is 520 g/mol. The van der Waals surface area contributed by atoms with Crippen molar-refractivity contribution in [1.82, 2.24) is 14.5 Å². The zero-order chi connectivity index (χ0) is 27.8. The molecule has 38 heavy (non-hydrogen) atoms. The third kappa shape index (κ3) is 5.64. The highest BCUT2D eigenvalue weighted by atomic mass is 16.6. The number of hydrogen-bond donors (Lipinski definition) is 2. The number of nitrogens with one attached hydrogen (secondary N) is 2. The van der Waals surface area contributed by atoms with Gasteiger partial charge >= 0.3 is 17.7 Å². The number of carbonyl (C=O) groups excluding carboxylic acids is 2. The number of hydrogen-bond acceptors (Lipinski definition) is 7. The van der Waals surface area contributed by atoms with E-state index in [0.717, 1.165) is 16.5 Å². The summed E-state index contributed by atoms with van der Waals surface area (Å²) in [6.45, 7) is 8.98. The van der Waals surface area contributed by atoms with E-state index in [1.807, 2.05) is 37.4 Å². The standard InChI is InChI=1S/C28H33N5O5/c1-16(14-18-15-33(27(36)32(6)7)22-11-9-8-10-19(18)22)29-25-30-21-13-12-20(17(2)23(21)24(34)37-25)31-26(35)38-28(3,4)5/h8-13,15-16H,14H2,1-7H3,(H,29,30)(H,31,35)/t16-/m1/s1. The van der Waals surface area contributed by atoms with Crippen molar-refractivity contribution < 1.29 is 18.7 Å². The Hall–Kier alpha value is -4.34. The van der Waals surface area contributed by atoms with Crippen molar-refractivity contribution in [3.63, 3.8) is 0 Å². The van der Waals surface area contributed by atoms with Gasteiger partial charge in [-0.1, -0.05) is 18.2 Å². The Bertz CT molecular complexity index is 1580. The topological polar surface area (TPSA) is 119 Å². The normalized spacial score (nSPS) is 12.4. The molecule has 1 atom stereocenters. The molecule has 0 aliphatic rings. The molecule has 0 spiro atoms. The Morgan fingerprint density at radius 2 is 1.87 bits per heavy atom. The lowest BCUT2D eigenvalue weighted by Gasteiger charge is -2.20. The van der Waals surface area contributed by atoms with Gasteiger partial charge < -0.3 is 19.4 Å². The number of aryl methyl sites for hydroxylation is 1. The van der Waals surface area contributed by atoms with Gasteiger partial charge in [0.05, 0.1) is 16.4 Å². The molecule has 2 heterocycles. The third-order valence-corrected chi connectivity index (χ3v) is 5.97. The molecule has 0 fully saturated rings. The van der Waals surface area contributed by atoms with Crippen LogP contribution in [0, 0.1) is 6.92 Å². The smallest absolute Gasteiger partial charge is 0.412 e. The number of anilines is 2. The van der Waals surface area contributed by atoms with Crippen LogP contribution in [0.15, 0.2) is 51.8 Å². The van der Waals surface area contributed by atoms with Gasteiger partial charge in [0.1, 0.15) is 5.60 Å². The van der Waals surface area contributed by atoms with Crippen LogP contribution in [0.2, 0.25) is 0 Å². The molecule has 200 valence electrons.